The third kappa shape index (κ3) is 5.83. The lowest BCUT2D eigenvalue weighted by molar-refractivity contribution is -0.134. The van der Waals surface area contributed by atoms with Crippen molar-refractivity contribution < 1.29 is 19.4 Å². The number of anilines is 1. The van der Waals surface area contributed by atoms with Gasteiger partial charge in [-0.15, -0.1) is 0 Å². The number of rotatable bonds is 7. The summed E-state index contributed by atoms with van der Waals surface area (Å²) in [6.45, 7) is 0.331. The molecule has 1 aliphatic carbocycles. The molecule has 28 heavy (non-hydrogen) atoms. The fourth-order valence-electron chi connectivity index (χ4n) is 3.54. The number of hydrogen-bond acceptors (Lipinski definition) is 4. The van der Waals surface area contributed by atoms with E-state index in [1.54, 1.807) is 24.3 Å². The molecule has 0 spiro atoms. The molecule has 3 atom stereocenters. The van der Waals surface area contributed by atoms with E-state index in [-0.39, 0.29) is 36.6 Å². The number of benzene rings is 1. The number of urea groups is 1. The molecule has 2 fully saturated rings. The maximum absolute atomic E-state index is 12.1. The van der Waals surface area contributed by atoms with Gasteiger partial charge in [0.15, 0.2) is 0 Å². The molecule has 1 aromatic rings. The molecular weight excluding hydrogens is 382 g/mol. The maximum atomic E-state index is 12.1. The molecule has 1 saturated heterocycles. The first-order chi connectivity index (χ1) is 13.5. The summed E-state index contributed by atoms with van der Waals surface area (Å²) in [4.78, 5) is 24.1. The van der Waals surface area contributed by atoms with Crippen LogP contribution in [0.2, 0.25) is 5.02 Å². The number of nitrogens with one attached hydrogen (secondary N) is 3. The van der Waals surface area contributed by atoms with Crippen molar-refractivity contribution >= 4 is 29.2 Å². The second kappa shape index (κ2) is 10.1. The van der Waals surface area contributed by atoms with Crippen LogP contribution in [0.3, 0.4) is 0 Å². The van der Waals surface area contributed by atoms with E-state index >= 15 is 0 Å². The second-order valence-electron chi connectivity index (χ2n) is 7.48. The second-order valence-corrected chi connectivity index (χ2v) is 7.91. The molecule has 0 unspecified atom stereocenters. The monoisotopic (exact) mass is 409 g/mol. The average Bonchev–Trinajstić information content (AvgIpc) is 2.63. The number of ether oxygens (including phenoxy) is 1. The first-order valence-electron chi connectivity index (χ1n) is 9.92. The summed E-state index contributed by atoms with van der Waals surface area (Å²) in [6, 6.07) is 6.45. The molecule has 2 aliphatic rings. The van der Waals surface area contributed by atoms with Crippen LogP contribution in [-0.4, -0.2) is 48.4 Å². The molecule has 1 aromatic carbocycles. The number of hydrogen-bond donors (Lipinski definition) is 4. The SMILES string of the molecule is O=C(NCC[C@H]1CC[C@@H](NC(=O)C2CCC2)[C@H](CO)O1)Nc1ccc(Cl)cc1. The summed E-state index contributed by atoms with van der Waals surface area (Å²) < 4.78 is 5.94. The van der Waals surface area contributed by atoms with Crippen LogP contribution in [0.5, 0.6) is 0 Å². The zero-order valence-electron chi connectivity index (χ0n) is 15.8. The van der Waals surface area contributed by atoms with Crippen molar-refractivity contribution in [2.75, 3.05) is 18.5 Å². The molecule has 8 heteroatoms. The molecule has 0 aromatic heterocycles. The van der Waals surface area contributed by atoms with Crippen molar-refractivity contribution in [3.8, 4) is 0 Å². The Bertz CT molecular complexity index is 666. The molecule has 0 bridgehead atoms. The van der Waals surface area contributed by atoms with Crippen LogP contribution in [-0.2, 0) is 9.53 Å². The van der Waals surface area contributed by atoms with Gasteiger partial charge in [-0.25, -0.2) is 4.79 Å². The first-order valence-corrected chi connectivity index (χ1v) is 10.3. The van der Waals surface area contributed by atoms with Crippen LogP contribution in [0.15, 0.2) is 24.3 Å². The zero-order chi connectivity index (χ0) is 19.9. The topological polar surface area (TPSA) is 99.7 Å². The van der Waals surface area contributed by atoms with Crippen LogP contribution in [0.4, 0.5) is 10.5 Å². The molecule has 0 radical (unpaired) electrons. The van der Waals surface area contributed by atoms with Gasteiger partial charge in [-0.05, 0) is 56.4 Å². The maximum Gasteiger partial charge on any atom is 0.319 e. The number of carbonyl (C=O) groups is 2. The Balaban J connectivity index is 1.36. The predicted molar refractivity (Wildman–Crippen MR) is 107 cm³/mol. The fraction of sp³-hybridized carbons (Fsp3) is 0.600. The van der Waals surface area contributed by atoms with Crippen molar-refractivity contribution in [1.82, 2.24) is 10.6 Å². The van der Waals surface area contributed by atoms with E-state index in [0.717, 1.165) is 32.1 Å². The molecule has 154 valence electrons. The molecule has 4 N–H and O–H groups in total. The molecule has 1 saturated carbocycles. The molecule has 1 heterocycles. The minimum atomic E-state index is -0.398. The number of carbonyl (C=O) groups excluding carboxylic acids is 2. The van der Waals surface area contributed by atoms with Crippen LogP contribution >= 0.6 is 11.6 Å². The standard InChI is InChI=1S/C20H28ClN3O4/c21-14-4-6-15(7-5-14)23-20(27)22-11-10-16-8-9-17(18(12-25)28-16)24-19(26)13-2-1-3-13/h4-7,13,16-18,25H,1-3,8-12H2,(H,24,26)(H2,22,23,27)/t16-,17-,18+/m1/s1. The smallest absolute Gasteiger partial charge is 0.319 e. The summed E-state index contributed by atoms with van der Waals surface area (Å²) in [7, 11) is 0. The summed E-state index contributed by atoms with van der Waals surface area (Å²) in [6.07, 6.45) is 4.77. The van der Waals surface area contributed by atoms with Crippen molar-refractivity contribution in [3.63, 3.8) is 0 Å². The summed E-state index contributed by atoms with van der Waals surface area (Å²) in [5, 5.41) is 18.8. The lowest BCUT2D eigenvalue weighted by Gasteiger charge is -2.37. The van der Waals surface area contributed by atoms with E-state index in [2.05, 4.69) is 16.0 Å². The molecule has 7 nitrogen and oxygen atoms in total. The van der Waals surface area contributed by atoms with E-state index in [9.17, 15) is 14.7 Å². The van der Waals surface area contributed by atoms with Gasteiger partial charge >= 0.3 is 6.03 Å². The van der Waals surface area contributed by atoms with Crippen molar-refractivity contribution in [2.45, 2.75) is 56.8 Å². The Hall–Kier alpha value is -1.83. The molecule has 1 aliphatic heterocycles. The van der Waals surface area contributed by atoms with Gasteiger partial charge in [0.1, 0.15) is 6.10 Å². The Morgan fingerprint density at radius 3 is 2.54 bits per heavy atom. The van der Waals surface area contributed by atoms with E-state index in [1.807, 2.05) is 0 Å². The Morgan fingerprint density at radius 2 is 1.89 bits per heavy atom. The highest BCUT2D eigenvalue weighted by Gasteiger charge is 2.34. The van der Waals surface area contributed by atoms with Gasteiger partial charge in [0.2, 0.25) is 5.91 Å². The van der Waals surface area contributed by atoms with Gasteiger partial charge in [0.05, 0.1) is 18.8 Å². The minimum absolute atomic E-state index is 0.0511. The van der Waals surface area contributed by atoms with Gasteiger partial charge in [-0.1, -0.05) is 18.0 Å². The van der Waals surface area contributed by atoms with Gasteiger partial charge in [-0.2, -0.15) is 0 Å². The zero-order valence-corrected chi connectivity index (χ0v) is 16.6. The quantitative estimate of drug-likeness (QED) is 0.556. The molecule has 3 rings (SSSR count). The highest BCUT2D eigenvalue weighted by atomic mass is 35.5. The Labute approximate surface area is 170 Å². The Kier molecular flexibility index (Phi) is 7.53. The third-order valence-electron chi connectivity index (χ3n) is 5.45. The van der Waals surface area contributed by atoms with Crippen LogP contribution in [0.1, 0.15) is 38.5 Å². The van der Waals surface area contributed by atoms with Crippen molar-refractivity contribution in [2.24, 2.45) is 5.92 Å². The highest BCUT2D eigenvalue weighted by Crippen LogP contribution is 2.28. The van der Waals surface area contributed by atoms with E-state index in [4.69, 9.17) is 16.3 Å². The lowest BCUT2D eigenvalue weighted by atomic mass is 9.84. The van der Waals surface area contributed by atoms with Crippen LogP contribution in [0, 0.1) is 5.92 Å². The number of halogens is 1. The number of amides is 3. The van der Waals surface area contributed by atoms with E-state index in [0.29, 0.717) is 23.7 Å². The first kappa shape index (κ1) is 20.9. The summed E-state index contributed by atoms with van der Waals surface area (Å²) in [5.74, 6) is 0.206. The largest absolute Gasteiger partial charge is 0.394 e. The third-order valence-corrected chi connectivity index (χ3v) is 5.71. The Morgan fingerprint density at radius 1 is 1.14 bits per heavy atom. The molecule has 3 amide bonds. The van der Waals surface area contributed by atoms with Gasteiger partial charge in [0.25, 0.3) is 0 Å². The normalized spacial score (nSPS) is 24.9. The molecular formula is C20H28ClN3O4. The van der Waals surface area contributed by atoms with Gasteiger partial charge in [0, 0.05) is 23.2 Å². The number of aliphatic hydroxyl groups excluding tert-OH is 1. The van der Waals surface area contributed by atoms with Gasteiger partial charge in [-0.3, -0.25) is 4.79 Å². The summed E-state index contributed by atoms with van der Waals surface area (Å²) in [5.41, 5.74) is 0.668. The van der Waals surface area contributed by atoms with Crippen molar-refractivity contribution in [3.05, 3.63) is 29.3 Å². The average molecular weight is 410 g/mol. The minimum Gasteiger partial charge on any atom is -0.394 e. The van der Waals surface area contributed by atoms with E-state index in [1.165, 1.54) is 0 Å². The highest BCUT2D eigenvalue weighted by molar-refractivity contribution is 6.30. The predicted octanol–water partition coefficient (Wildman–Crippen LogP) is 2.68. The van der Waals surface area contributed by atoms with E-state index < -0.39 is 6.10 Å². The van der Waals surface area contributed by atoms with Crippen molar-refractivity contribution in [1.29, 1.82) is 0 Å². The lowest BCUT2D eigenvalue weighted by Crippen LogP contribution is -2.53. The summed E-state index contributed by atoms with van der Waals surface area (Å²) >= 11 is 5.82. The van der Waals surface area contributed by atoms with Crippen LogP contribution < -0.4 is 16.0 Å². The van der Waals surface area contributed by atoms with Gasteiger partial charge < -0.3 is 25.8 Å². The fourth-order valence-corrected chi connectivity index (χ4v) is 3.66. The van der Waals surface area contributed by atoms with Crippen LogP contribution in [0.25, 0.3) is 0 Å². The number of aliphatic hydroxyl groups is 1.